The van der Waals surface area contributed by atoms with Gasteiger partial charge < -0.3 is 15.6 Å². The van der Waals surface area contributed by atoms with Crippen LogP contribution in [-0.4, -0.2) is 27.2 Å². The molecule has 0 bridgehead atoms. The molecule has 0 atom stereocenters. The van der Waals surface area contributed by atoms with E-state index in [1.807, 2.05) is 7.05 Å². The van der Waals surface area contributed by atoms with Crippen molar-refractivity contribution in [3.8, 4) is 0 Å². The molecular weight excluding hydrogens is 194 g/mol. The molecule has 0 aliphatic carbocycles. The van der Waals surface area contributed by atoms with Crippen molar-refractivity contribution in [1.29, 1.82) is 0 Å². The van der Waals surface area contributed by atoms with E-state index in [2.05, 4.69) is 15.5 Å². The summed E-state index contributed by atoms with van der Waals surface area (Å²) in [7, 11) is 1.83. The number of aryl methyl sites for hydroxylation is 1. The molecule has 0 aliphatic heterocycles. The Balaban J connectivity index is 2.52. The SMILES string of the molecule is Cn1cnnc1CNC(=O)C(C)(C)CN. The van der Waals surface area contributed by atoms with Gasteiger partial charge in [-0.05, 0) is 13.8 Å². The Bertz CT molecular complexity index is 344. The fraction of sp³-hybridized carbons (Fsp3) is 0.667. The van der Waals surface area contributed by atoms with Crippen molar-refractivity contribution in [1.82, 2.24) is 20.1 Å². The number of nitrogens with zero attached hydrogens (tertiary/aromatic N) is 3. The molecular formula is C9H17N5O. The molecule has 0 radical (unpaired) electrons. The lowest BCUT2D eigenvalue weighted by molar-refractivity contribution is -0.129. The van der Waals surface area contributed by atoms with Crippen LogP contribution >= 0.6 is 0 Å². The Labute approximate surface area is 88.9 Å². The first-order chi connectivity index (χ1) is 6.97. The topological polar surface area (TPSA) is 85.8 Å². The molecule has 6 nitrogen and oxygen atoms in total. The molecule has 0 aliphatic rings. The van der Waals surface area contributed by atoms with Crippen molar-refractivity contribution < 1.29 is 4.79 Å². The minimum atomic E-state index is -0.543. The first kappa shape index (κ1) is 11.6. The molecule has 0 spiro atoms. The number of amides is 1. The standard InChI is InChI=1S/C9H17N5O/c1-9(2,5-10)8(15)11-4-7-13-12-6-14(7)3/h6H,4-5,10H2,1-3H3,(H,11,15). The van der Waals surface area contributed by atoms with E-state index in [4.69, 9.17) is 5.73 Å². The summed E-state index contributed by atoms with van der Waals surface area (Å²) in [4.78, 5) is 11.7. The molecule has 3 N–H and O–H groups in total. The maximum absolute atomic E-state index is 11.7. The lowest BCUT2D eigenvalue weighted by Gasteiger charge is -2.20. The van der Waals surface area contributed by atoms with Gasteiger partial charge in [0.2, 0.25) is 5.91 Å². The smallest absolute Gasteiger partial charge is 0.227 e. The highest BCUT2D eigenvalue weighted by atomic mass is 16.2. The average molecular weight is 211 g/mol. The van der Waals surface area contributed by atoms with Gasteiger partial charge in [0.05, 0.1) is 12.0 Å². The summed E-state index contributed by atoms with van der Waals surface area (Å²) in [5.74, 6) is 0.643. The lowest BCUT2D eigenvalue weighted by Crippen LogP contribution is -2.41. The molecule has 0 fully saturated rings. The van der Waals surface area contributed by atoms with Crippen LogP contribution in [0.15, 0.2) is 6.33 Å². The van der Waals surface area contributed by atoms with Gasteiger partial charge in [0.15, 0.2) is 5.82 Å². The summed E-state index contributed by atoms with van der Waals surface area (Å²) in [5, 5.41) is 10.4. The van der Waals surface area contributed by atoms with Crippen molar-refractivity contribution in [3.05, 3.63) is 12.2 Å². The highest BCUT2D eigenvalue weighted by molar-refractivity contribution is 5.81. The molecule has 1 heterocycles. The van der Waals surface area contributed by atoms with Gasteiger partial charge in [0.1, 0.15) is 6.33 Å². The summed E-state index contributed by atoms with van der Waals surface area (Å²) < 4.78 is 1.76. The molecule has 0 saturated carbocycles. The third-order valence-electron chi connectivity index (χ3n) is 2.34. The third kappa shape index (κ3) is 2.76. The number of rotatable bonds is 4. The number of hydrogen-bond donors (Lipinski definition) is 2. The van der Waals surface area contributed by atoms with Gasteiger partial charge in [-0.15, -0.1) is 10.2 Å². The fourth-order valence-electron chi connectivity index (χ4n) is 0.958. The quantitative estimate of drug-likeness (QED) is 0.697. The predicted octanol–water partition coefficient (Wildman–Crippen LogP) is -0.584. The zero-order chi connectivity index (χ0) is 11.5. The van der Waals surface area contributed by atoms with E-state index >= 15 is 0 Å². The molecule has 1 rings (SSSR count). The first-order valence-corrected chi connectivity index (χ1v) is 4.78. The van der Waals surface area contributed by atoms with E-state index in [0.717, 1.165) is 5.82 Å². The Morgan fingerprint density at radius 1 is 1.67 bits per heavy atom. The molecule has 6 heteroatoms. The van der Waals surface area contributed by atoms with Crippen LogP contribution in [0.4, 0.5) is 0 Å². The minimum absolute atomic E-state index is 0.0759. The maximum atomic E-state index is 11.7. The highest BCUT2D eigenvalue weighted by Gasteiger charge is 2.25. The number of carbonyl (C=O) groups is 1. The average Bonchev–Trinajstić information content (AvgIpc) is 2.60. The molecule has 0 saturated heterocycles. The second kappa shape index (κ2) is 4.39. The molecule has 1 aromatic rings. The number of carbonyl (C=O) groups excluding carboxylic acids is 1. The summed E-state index contributed by atoms with van der Waals surface area (Å²) in [6.45, 7) is 4.30. The number of nitrogens with one attached hydrogen (secondary N) is 1. The second-order valence-electron chi connectivity index (χ2n) is 4.13. The largest absolute Gasteiger partial charge is 0.348 e. The monoisotopic (exact) mass is 211 g/mol. The van der Waals surface area contributed by atoms with Crippen LogP contribution in [-0.2, 0) is 18.4 Å². The van der Waals surface area contributed by atoms with E-state index in [1.165, 1.54) is 0 Å². The van der Waals surface area contributed by atoms with Crippen LogP contribution in [0.1, 0.15) is 19.7 Å². The lowest BCUT2D eigenvalue weighted by atomic mass is 9.93. The molecule has 15 heavy (non-hydrogen) atoms. The fourth-order valence-corrected chi connectivity index (χ4v) is 0.958. The number of aromatic nitrogens is 3. The van der Waals surface area contributed by atoms with E-state index in [-0.39, 0.29) is 5.91 Å². The molecule has 1 amide bonds. The van der Waals surface area contributed by atoms with Crippen molar-refractivity contribution >= 4 is 5.91 Å². The van der Waals surface area contributed by atoms with Gasteiger partial charge in [0, 0.05) is 13.6 Å². The molecule has 0 aromatic carbocycles. The van der Waals surface area contributed by atoms with E-state index in [0.29, 0.717) is 13.1 Å². The van der Waals surface area contributed by atoms with Gasteiger partial charge in [-0.3, -0.25) is 4.79 Å². The Hall–Kier alpha value is -1.43. The highest BCUT2D eigenvalue weighted by Crippen LogP contribution is 2.12. The van der Waals surface area contributed by atoms with Crippen molar-refractivity contribution in [2.24, 2.45) is 18.2 Å². The van der Waals surface area contributed by atoms with E-state index < -0.39 is 5.41 Å². The van der Waals surface area contributed by atoms with Crippen LogP contribution in [0.3, 0.4) is 0 Å². The maximum Gasteiger partial charge on any atom is 0.227 e. The first-order valence-electron chi connectivity index (χ1n) is 4.78. The number of nitrogens with two attached hydrogens (primary N) is 1. The van der Waals surface area contributed by atoms with Gasteiger partial charge in [-0.1, -0.05) is 0 Å². The van der Waals surface area contributed by atoms with Crippen molar-refractivity contribution in [2.75, 3.05) is 6.54 Å². The summed E-state index contributed by atoms with van der Waals surface area (Å²) in [6.07, 6.45) is 1.59. The van der Waals surface area contributed by atoms with Crippen LogP contribution in [0, 0.1) is 5.41 Å². The normalized spacial score (nSPS) is 11.5. The zero-order valence-corrected chi connectivity index (χ0v) is 9.32. The van der Waals surface area contributed by atoms with Crippen LogP contribution < -0.4 is 11.1 Å². The molecule has 0 unspecified atom stereocenters. The van der Waals surface area contributed by atoms with Crippen molar-refractivity contribution in [2.45, 2.75) is 20.4 Å². The Morgan fingerprint density at radius 3 is 2.80 bits per heavy atom. The summed E-state index contributed by atoms with van der Waals surface area (Å²) in [6, 6.07) is 0. The van der Waals surface area contributed by atoms with Gasteiger partial charge in [-0.25, -0.2) is 0 Å². The van der Waals surface area contributed by atoms with E-state index in [9.17, 15) is 4.79 Å². The van der Waals surface area contributed by atoms with Crippen molar-refractivity contribution in [3.63, 3.8) is 0 Å². The Kier molecular flexibility index (Phi) is 3.41. The summed E-state index contributed by atoms with van der Waals surface area (Å²) in [5.41, 5.74) is 4.95. The van der Waals surface area contributed by atoms with Gasteiger partial charge >= 0.3 is 0 Å². The number of hydrogen-bond acceptors (Lipinski definition) is 4. The Morgan fingerprint density at radius 2 is 2.33 bits per heavy atom. The molecule has 1 aromatic heterocycles. The third-order valence-corrected chi connectivity index (χ3v) is 2.34. The van der Waals surface area contributed by atoms with Crippen LogP contribution in [0.2, 0.25) is 0 Å². The van der Waals surface area contributed by atoms with Gasteiger partial charge in [0.25, 0.3) is 0 Å². The predicted molar refractivity (Wildman–Crippen MR) is 55.7 cm³/mol. The van der Waals surface area contributed by atoms with Crippen LogP contribution in [0.25, 0.3) is 0 Å². The van der Waals surface area contributed by atoms with Crippen LogP contribution in [0.5, 0.6) is 0 Å². The summed E-state index contributed by atoms with van der Waals surface area (Å²) >= 11 is 0. The minimum Gasteiger partial charge on any atom is -0.348 e. The van der Waals surface area contributed by atoms with Gasteiger partial charge in [-0.2, -0.15) is 0 Å². The molecule has 84 valence electrons. The second-order valence-corrected chi connectivity index (χ2v) is 4.13. The zero-order valence-electron chi connectivity index (χ0n) is 9.32. The van der Waals surface area contributed by atoms with E-state index in [1.54, 1.807) is 24.7 Å².